The van der Waals surface area contributed by atoms with Crippen molar-refractivity contribution in [1.29, 1.82) is 0 Å². The highest BCUT2D eigenvalue weighted by atomic mass is 16.5. The SMILES string of the molecule is CC/C(C(=O)Nc1ccc(NC(=O)/C(CC)=C(/CC)C(=O)OC)cc1)=C(\CC)C(=O)OC. The molecular weight excluding hydrogens is 412 g/mol. The van der Waals surface area contributed by atoms with Crippen LogP contribution in [0.3, 0.4) is 0 Å². The van der Waals surface area contributed by atoms with Crippen LogP contribution < -0.4 is 10.6 Å². The second kappa shape index (κ2) is 13.1. The third-order valence-corrected chi connectivity index (χ3v) is 4.96. The topological polar surface area (TPSA) is 111 Å². The van der Waals surface area contributed by atoms with Crippen molar-refractivity contribution in [2.24, 2.45) is 0 Å². The van der Waals surface area contributed by atoms with E-state index in [4.69, 9.17) is 9.47 Å². The van der Waals surface area contributed by atoms with E-state index in [0.29, 0.717) is 59.4 Å². The zero-order valence-electron chi connectivity index (χ0n) is 19.6. The van der Waals surface area contributed by atoms with E-state index >= 15 is 0 Å². The van der Waals surface area contributed by atoms with Gasteiger partial charge < -0.3 is 20.1 Å². The largest absolute Gasteiger partial charge is 0.466 e. The first-order chi connectivity index (χ1) is 15.3. The molecule has 0 aliphatic heterocycles. The number of hydrogen-bond acceptors (Lipinski definition) is 6. The highest BCUT2D eigenvalue weighted by Gasteiger charge is 2.20. The summed E-state index contributed by atoms with van der Waals surface area (Å²) in [5.41, 5.74) is 2.43. The summed E-state index contributed by atoms with van der Waals surface area (Å²) in [5.74, 6) is -1.80. The van der Waals surface area contributed by atoms with Gasteiger partial charge in [0.15, 0.2) is 0 Å². The lowest BCUT2D eigenvalue weighted by atomic mass is 10.0. The summed E-state index contributed by atoms with van der Waals surface area (Å²) >= 11 is 0. The van der Waals surface area contributed by atoms with Crippen LogP contribution in [0.25, 0.3) is 0 Å². The Morgan fingerprint density at radius 1 is 0.594 bits per heavy atom. The van der Waals surface area contributed by atoms with Crippen molar-refractivity contribution in [3.63, 3.8) is 0 Å². The van der Waals surface area contributed by atoms with Crippen molar-refractivity contribution in [3.05, 3.63) is 46.6 Å². The summed E-state index contributed by atoms with van der Waals surface area (Å²) in [6.45, 7) is 7.17. The van der Waals surface area contributed by atoms with Crippen LogP contribution in [-0.2, 0) is 28.7 Å². The van der Waals surface area contributed by atoms with Gasteiger partial charge in [-0.25, -0.2) is 9.59 Å². The number of carbonyl (C=O) groups is 4. The maximum absolute atomic E-state index is 12.7. The molecule has 2 amide bonds. The molecule has 8 nitrogen and oxygen atoms in total. The van der Waals surface area contributed by atoms with Gasteiger partial charge >= 0.3 is 11.9 Å². The van der Waals surface area contributed by atoms with Gasteiger partial charge in [0.1, 0.15) is 0 Å². The number of esters is 2. The summed E-state index contributed by atoms with van der Waals surface area (Å²) in [5, 5.41) is 5.53. The molecule has 0 bridgehead atoms. The van der Waals surface area contributed by atoms with Crippen LogP contribution in [-0.4, -0.2) is 38.0 Å². The van der Waals surface area contributed by atoms with Crippen LogP contribution in [0, 0.1) is 0 Å². The molecule has 0 aliphatic carbocycles. The third kappa shape index (κ3) is 6.80. The van der Waals surface area contributed by atoms with Crippen LogP contribution in [0.1, 0.15) is 53.4 Å². The Bertz CT molecular complexity index is 838. The minimum atomic E-state index is -0.518. The third-order valence-electron chi connectivity index (χ3n) is 4.96. The summed E-state index contributed by atoms with van der Waals surface area (Å²) < 4.78 is 9.53. The molecule has 2 N–H and O–H groups in total. The van der Waals surface area contributed by atoms with E-state index in [-0.39, 0.29) is 11.8 Å². The molecule has 0 saturated heterocycles. The van der Waals surface area contributed by atoms with Gasteiger partial charge in [0.05, 0.1) is 14.2 Å². The van der Waals surface area contributed by atoms with Crippen molar-refractivity contribution >= 4 is 35.1 Å². The summed E-state index contributed by atoms with van der Waals surface area (Å²) in [6, 6.07) is 6.56. The smallest absolute Gasteiger partial charge is 0.334 e. The molecule has 32 heavy (non-hydrogen) atoms. The minimum Gasteiger partial charge on any atom is -0.466 e. The van der Waals surface area contributed by atoms with Crippen LogP contribution in [0.4, 0.5) is 11.4 Å². The number of ether oxygens (including phenoxy) is 2. The average Bonchev–Trinajstić information content (AvgIpc) is 2.80. The van der Waals surface area contributed by atoms with Gasteiger partial charge in [-0.1, -0.05) is 27.7 Å². The lowest BCUT2D eigenvalue weighted by molar-refractivity contribution is -0.137. The first-order valence-corrected chi connectivity index (χ1v) is 10.6. The highest BCUT2D eigenvalue weighted by molar-refractivity contribution is 6.10. The van der Waals surface area contributed by atoms with Gasteiger partial charge in [0, 0.05) is 33.7 Å². The number of rotatable bonds is 10. The van der Waals surface area contributed by atoms with Gasteiger partial charge in [-0.15, -0.1) is 0 Å². The minimum absolute atomic E-state index is 0.340. The maximum atomic E-state index is 12.7. The number of benzene rings is 1. The van der Waals surface area contributed by atoms with E-state index in [0.717, 1.165) is 0 Å². The van der Waals surface area contributed by atoms with Crippen molar-refractivity contribution < 1.29 is 28.7 Å². The molecule has 0 aromatic heterocycles. The predicted molar refractivity (Wildman–Crippen MR) is 123 cm³/mol. The summed E-state index contributed by atoms with van der Waals surface area (Å²) in [7, 11) is 2.56. The van der Waals surface area contributed by atoms with E-state index in [1.165, 1.54) is 14.2 Å². The van der Waals surface area contributed by atoms with Crippen LogP contribution >= 0.6 is 0 Å². The second-order valence-corrected chi connectivity index (χ2v) is 6.80. The molecule has 1 aromatic carbocycles. The molecule has 0 radical (unpaired) electrons. The number of methoxy groups -OCH3 is 2. The van der Waals surface area contributed by atoms with Gasteiger partial charge in [0.2, 0.25) is 0 Å². The van der Waals surface area contributed by atoms with Gasteiger partial charge in [-0.3, -0.25) is 9.59 Å². The molecule has 174 valence electrons. The Balaban J connectivity index is 3.02. The Morgan fingerprint density at radius 3 is 1.09 bits per heavy atom. The Hall–Kier alpha value is -3.42. The monoisotopic (exact) mass is 444 g/mol. The van der Waals surface area contributed by atoms with E-state index in [9.17, 15) is 19.2 Å². The number of nitrogens with one attached hydrogen (secondary N) is 2. The standard InChI is InChI=1S/C24H32N2O6/c1-7-17(19(9-3)23(29)31-5)21(27)25-15-11-13-16(14-12-15)26-22(28)18(8-2)20(10-4)24(30)32-6/h11-14H,7-10H2,1-6H3,(H,25,27)(H,26,28)/b19-17-,20-18-. The molecule has 0 fully saturated rings. The normalized spacial score (nSPS) is 12.2. The van der Waals surface area contributed by atoms with Crippen molar-refractivity contribution in [3.8, 4) is 0 Å². The quantitative estimate of drug-likeness (QED) is 0.414. The number of amides is 2. The molecule has 8 heteroatoms. The Labute approximate surface area is 189 Å². The lowest BCUT2D eigenvalue weighted by Crippen LogP contribution is -2.20. The van der Waals surface area contributed by atoms with E-state index in [1.807, 2.05) is 0 Å². The van der Waals surface area contributed by atoms with E-state index in [1.54, 1.807) is 52.0 Å². The second-order valence-electron chi connectivity index (χ2n) is 6.80. The first kappa shape index (κ1) is 26.6. The Kier molecular flexibility index (Phi) is 10.9. The van der Waals surface area contributed by atoms with Crippen molar-refractivity contribution in [1.82, 2.24) is 0 Å². The highest BCUT2D eigenvalue weighted by Crippen LogP contribution is 2.21. The maximum Gasteiger partial charge on any atom is 0.334 e. The predicted octanol–water partition coefficient (Wildman–Crippen LogP) is 4.14. The fourth-order valence-electron chi connectivity index (χ4n) is 3.28. The number of carbonyl (C=O) groups excluding carboxylic acids is 4. The number of anilines is 2. The van der Waals surface area contributed by atoms with Crippen LogP contribution in [0.5, 0.6) is 0 Å². The number of hydrogen-bond donors (Lipinski definition) is 2. The molecule has 0 saturated carbocycles. The Morgan fingerprint density at radius 2 is 0.875 bits per heavy atom. The van der Waals surface area contributed by atoms with Crippen LogP contribution in [0.15, 0.2) is 46.6 Å². The zero-order chi connectivity index (χ0) is 24.3. The van der Waals surface area contributed by atoms with Crippen molar-refractivity contribution in [2.75, 3.05) is 24.9 Å². The molecule has 0 unspecified atom stereocenters. The molecule has 0 aliphatic rings. The molecular formula is C24H32N2O6. The molecule has 0 heterocycles. The van der Waals surface area contributed by atoms with Gasteiger partial charge in [-0.2, -0.15) is 0 Å². The van der Waals surface area contributed by atoms with Crippen LogP contribution in [0.2, 0.25) is 0 Å². The first-order valence-electron chi connectivity index (χ1n) is 10.6. The molecule has 0 spiro atoms. The molecule has 0 atom stereocenters. The molecule has 1 aromatic rings. The fraction of sp³-hybridized carbons (Fsp3) is 0.417. The fourth-order valence-corrected chi connectivity index (χ4v) is 3.28. The average molecular weight is 445 g/mol. The zero-order valence-corrected chi connectivity index (χ0v) is 19.6. The summed E-state index contributed by atoms with van der Waals surface area (Å²) in [4.78, 5) is 49.2. The van der Waals surface area contributed by atoms with Gasteiger partial charge in [-0.05, 0) is 49.9 Å². The lowest BCUT2D eigenvalue weighted by Gasteiger charge is -2.13. The van der Waals surface area contributed by atoms with Gasteiger partial charge in [0.25, 0.3) is 11.8 Å². The molecule has 1 rings (SSSR count). The van der Waals surface area contributed by atoms with E-state index < -0.39 is 11.9 Å². The van der Waals surface area contributed by atoms with Crippen molar-refractivity contribution in [2.45, 2.75) is 53.4 Å². The summed E-state index contributed by atoms with van der Waals surface area (Å²) in [6.07, 6.45) is 1.52. The van der Waals surface area contributed by atoms with E-state index in [2.05, 4.69) is 10.6 Å².